The van der Waals surface area contributed by atoms with E-state index in [1.807, 2.05) is 4.68 Å². The van der Waals surface area contributed by atoms with E-state index in [1.54, 1.807) is 0 Å². The Kier molecular flexibility index (Phi) is 3.36. The second kappa shape index (κ2) is 4.75. The molecule has 1 aromatic rings. The normalized spacial score (nSPS) is 26.8. The van der Waals surface area contributed by atoms with Gasteiger partial charge in [-0.25, -0.2) is 4.68 Å². The Hall–Kier alpha value is -0.900. The molecule has 1 aliphatic rings. The molecule has 1 heterocycles. The molecule has 4 heteroatoms. The molecule has 84 valence electrons. The lowest BCUT2D eigenvalue weighted by molar-refractivity contribution is 0.270. The molecule has 0 amide bonds. The van der Waals surface area contributed by atoms with Gasteiger partial charge in [-0.05, 0) is 38.1 Å². The first-order valence-corrected chi connectivity index (χ1v) is 5.90. The molecule has 1 saturated carbocycles. The van der Waals surface area contributed by atoms with Crippen LogP contribution in [-0.4, -0.2) is 21.5 Å². The summed E-state index contributed by atoms with van der Waals surface area (Å²) in [5, 5.41) is 8.33. The molecule has 0 radical (unpaired) electrons. The first-order valence-electron chi connectivity index (χ1n) is 5.90. The fourth-order valence-corrected chi connectivity index (χ4v) is 2.26. The number of rotatable bonds is 3. The van der Waals surface area contributed by atoms with Crippen molar-refractivity contribution in [2.75, 3.05) is 6.54 Å². The number of nitrogens with two attached hydrogens (primary N) is 1. The Morgan fingerprint density at radius 2 is 2.13 bits per heavy atom. The van der Waals surface area contributed by atoms with Crippen molar-refractivity contribution in [3.8, 4) is 0 Å². The standard InChI is InChI=1S/C11H20N4/c1-9-2-4-11(5-3-9)15-8-10(6-7-12)13-14-15/h8-9,11H,2-7,12H2,1H3. The van der Waals surface area contributed by atoms with Gasteiger partial charge in [-0.3, -0.25) is 0 Å². The van der Waals surface area contributed by atoms with E-state index in [4.69, 9.17) is 5.73 Å². The summed E-state index contributed by atoms with van der Waals surface area (Å²) in [6.45, 7) is 2.98. The van der Waals surface area contributed by atoms with Crippen LogP contribution in [-0.2, 0) is 6.42 Å². The Bertz CT molecular complexity index is 299. The fourth-order valence-electron chi connectivity index (χ4n) is 2.26. The van der Waals surface area contributed by atoms with Crippen LogP contribution in [0.25, 0.3) is 0 Å². The monoisotopic (exact) mass is 208 g/mol. The second-order valence-electron chi connectivity index (χ2n) is 4.64. The Labute approximate surface area is 90.8 Å². The van der Waals surface area contributed by atoms with Gasteiger partial charge in [0.2, 0.25) is 0 Å². The average molecular weight is 208 g/mol. The second-order valence-corrected chi connectivity index (χ2v) is 4.64. The van der Waals surface area contributed by atoms with Crippen molar-refractivity contribution in [2.45, 2.75) is 45.1 Å². The minimum absolute atomic E-state index is 0.570. The van der Waals surface area contributed by atoms with Gasteiger partial charge >= 0.3 is 0 Å². The molecule has 2 rings (SSSR count). The van der Waals surface area contributed by atoms with Gasteiger partial charge in [-0.1, -0.05) is 12.1 Å². The summed E-state index contributed by atoms with van der Waals surface area (Å²) in [5.41, 5.74) is 6.51. The lowest BCUT2D eigenvalue weighted by atomic mass is 9.87. The molecule has 4 nitrogen and oxygen atoms in total. The maximum Gasteiger partial charge on any atom is 0.0839 e. The molecule has 0 unspecified atom stereocenters. The zero-order valence-corrected chi connectivity index (χ0v) is 9.39. The van der Waals surface area contributed by atoms with Crippen molar-refractivity contribution in [1.29, 1.82) is 0 Å². The van der Waals surface area contributed by atoms with Crippen molar-refractivity contribution >= 4 is 0 Å². The maximum atomic E-state index is 5.49. The zero-order valence-electron chi connectivity index (χ0n) is 9.39. The Balaban J connectivity index is 1.96. The van der Waals surface area contributed by atoms with Gasteiger partial charge in [-0.2, -0.15) is 0 Å². The number of aromatic nitrogens is 3. The van der Waals surface area contributed by atoms with Crippen LogP contribution in [0.1, 0.15) is 44.3 Å². The predicted octanol–water partition coefficient (Wildman–Crippen LogP) is 1.53. The summed E-state index contributed by atoms with van der Waals surface area (Å²) in [4.78, 5) is 0. The zero-order chi connectivity index (χ0) is 10.7. The smallest absolute Gasteiger partial charge is 0.0839 e. The quantitative estimate of drug-likeness (QED) is 0.819. The molecule has 15 heavy (non-hydrogen) atoms. The van der Waals surface area contributed by atoms with E-state index in [9.17, 15) is 0 Å². The average Bonchev–Trinajstić information content (AvgIpc) is 2.68. The summed E-state index contributed by atoms with van der Waals surface area (Å²) in [5.74, 6) is 0.883. The van der Waals surface area contributed by atoms with Crippen LogP contribution in [0.2, 0.25) is 0 Å². The summed E-state index contributed by atoms with van der Waals surface area (Å²) >= 11 is 0. The number of hydrogen-bond donors (Lipinski definition) is 1. The lowest BCUT2D eigenvalue weighted by Crippen LogP contribution is -2.17. The van der Waals surface area contributed by atoms with Gasteiger partial charge < -0.3 is 5.73 Å². The minimum atomic E-state index is 0.570. The van der Waals surface area contributed by atoms with Crippen molar-refractivity contribution in [3.63, 3.8) is 0 Å². The van der Waals surface area contributed by atoms with E-state index in [0.29, 0.717) is 12.6 Å². The van der Waals surface area contributed by atoms with E-state index in [0.717, 1.165) is 18.0 Å². The van der Waals surface area contributed by atoms with E-state index in [1.165, 1.54) is 25.7 Å². The van der Waals surface area contributed by atoms with E-state index < -0.39 is 0 Å². The van der Waals surface area contributed by atoms with Gasteiger partial charge in [0.25, 0.3) is 0 Å². The fraction of sp³-hybridized carbons (Fsp3) is 0.818. The van der Waals surface area contributed by atoms with Crippen molar-refractivity contribution < 1.29 is 0 Å². The van der Waals surface area contributed by atoms with Gasteiger partial charge in [0, 0.05) is 12.6 Å². The first kappa shape index (κ1) is 10.6. The van der Waals surface area contributed by atoms with Crippen molar-refractivity contribution in [3.05, 3.63) is 11.9 Å². The molecule has 0 aliphatic heterocycles. The molecule has 0 spiro atoms. The highest BCUT2D eigenvalue weighted by Crippen LogP contribution is 2.31. The molecule has 0 aromatic carbocycles. The Morgan fingerprint density at radius 1 is 1.40 bits per heavy atom. The molecule has 1 aliphatic carbocycles. The summed E-state index contributed by atoms with van der Waals surface area (Å²) < 4.78 is 2.04. The molecule has 2 N–H and O–H groups in total. The lowest BCUT2D eigenvalue weighted by Gasteiger charge is -2.25. The highest BCUT2D eigenvalue weighted by Gasteiger charge is 2.20. The van der Waals surface area contributed by atoms with Gasteiger partial charge in [0.15, 0.2) is 0 Å². The molecular formula is C11H20N4. The van der Waals surface area contributed by atoms with Gasteiger partial charge in [0.05, 0.1) is 11.7 Å². The molecule has 0 bridgehead atoms. The third-order valence-electron chi connectivity index (χ3n) is 3.32. The van der Waals surface area contributed by atoms with Crippen LogP contribution < -0.4 is 5.73 Å². The Morgan fingerprint density at radius 3 is 2.80 bits per heavy atom. The SMILES string of the molecule is CC1CCC(n2cc(CCN)nn2)CC1. The van der Waals surface area contributed by atoms with Crippen LogP contribution in [0.4, 0.5) is 0 Å². The van der Waals surface area contributed by atoms with Crippen LogP contribution in [0.5, 0.6) is 0 Å². The summed E-state index contributed by atoms with van der Waals surface area (Å²) in [7, 11) is 0. The van der Waals surface area contributed by atoms with Gasteiger partial charge in [-0.15, -0.1) is 5.10 Å². The topological polar surface area (TPSA) is 56.7 Å². The molecule has 1 fully saturated rings. The van der Waals surface area contributed by atoms with E-state index >= 15 is 0 Å². The highest BCUT2D eigenvalue weighted by atomic mass is 15.4. The minimum Gasteiger partial charge on any atom is -0.330 e. The van der Waals surface area contributed by atoms with Gasteiger partial charge in [0.1, 0.15) is 0 Å². The summed E-state index contributed by atoms with van der Waals surface area (Å²) in [6.07, 6.45) is 8.02. The van der Waals surface area contributed by atoms with Crippen LogP contribution in [0, 0.1) is 5.92 Å². The highest BCUT2D eigenvalue weighted by molar-refractivity contribution is 4.94. The molecule has 1 aromatic heterocycles. The van der Waals surface area contributed by atoms with E-state index in [2.05, 4.69) is 23.4 Å². The van der Waals surface area contributed by atoms with Crippen molar-refractivity contribution in [1.82, 2.24) is 15.0 Å². The van der Waals surface area contributed by atoms with E-state index in [-0.39, 0.29) is 0 Å². The molecule has 0 saturated heterocycles. The third-order valence-corrected chi connectivity index (χ3v) is 3.32. The van der Waals surface area contributed by atoms with Crippen molar-refractivity contribution in [2.24, 2.45) is 11.7 Å². The maximum absolute atomic E-state index is 5.49. The third kappa shape index (κ3) is 2.56. The molecule has 0 atom stereocenters. The largest absolute Gasteiger partial charge is 0.330 e. The predicted molar refractivity (Wildman–Crippen MR) is 59.4 cm³/mol. The van der Waals surface area contributed by atoms with Crippen LogP contribution in [0.3, 0.4) is 0 Å². The number of hydrogen-bond acceptors (Lipinski definition) is 3. The number of nitrogens with zero attached hydrogens (tertiary/aromatic N) is 3. The first-order chi connectivity index (χ1) is 7.29. The summed E-state index contributed by atoms with van der Waals surface area (Å²) in [6, 6.07) is 0.570. The van der Waals surface area contributed by atoms with Crippen LogP contribution >= 0.6 is 0 Å². The molecular weight excluding hydrogens is 188 g/mol. The van der Waals surface area contributed by atoms with Crippen LogP contribution in [0.15, 0.2) is 6.20 Å².